The number of ether oxygens (including phenoxy) is 7. The van der Waals surface area contributed by atoms with Crippen LogP contribution in [-0.2, 0) is 61.2 Å². The minimum Gasteiger partial charge on any atom is -0.463 e. The fourth-order valence-corrected chi connectivity index (χ4v) is 14.5. The van der Waals surface area contributed by atoms with E-state index in [9.17, 15) is 74.9 Å². The van der Waals surface area contributed by atoms with Crippen molar-refractivity contribution in [2.24, 2.45) is 0 Å². The molecule has 2 heterocycles. The minimum absolute atomic E-state index is 0.0328. The van der Waals surface area contributed by atoms with Crippen LogP contribution in [0.4, 0.5) is 0 Å². The number of hydrogen-bond donors (Lipinski definition) is 11. The van der Waals surface area contributed by atoms with Gasteiger partial charge in [-0.25, -0.2) is 4.57 Å². The standard InChI is InChI=1S/C76H143O24P/c1-4-7-10-13-16-19-22-25-28-29-31-33-36-39-42-45-48-51-61(79)93-56-59-64(82)66(84)71(89)76(97-59)99-73-69(87)67(85)68(86)72(98-75-70(88)65(83)63(81)58(53-77)96-75)74(73)100-101(90,91)94-55-57(54-92-60(78)50-47-44-41-38-35-32-27-24-21-18-15-12-9-6-3)95-62(80)52-49-46-43-40-37-34-30-26-23-20-17-14-11-8-5-2/h57-59,63-77,81-89H,4-56H2,1-3H3,(H,90,91). The Morgan fingerprint density at radius 3 is 0.970 bits per heavy atom. The van der Waals surface area contributed by atoms with Gasteiger partial charge in [0.2, 0.25) is 0 Å². The molecular weight excluding hydrogens is 1330 g/mol. The van der Waals surface area contributed by atoms with Crippen LogP contribution < -0.4 is 0 Å². The monoisotopic (exact) mass is 1470 g/mol. The second kappa shape index (κ2) is 58.0. The fourth-order valence-electron chi connectivity index (χ4n) is 13.6. The first-order valence-electron chi connectivity index (χ1n) is 40.3. The van der Waals surface area contributed by atoms with Crippen molar-refractivity contribution in [2.45, 2.75) is 440 Å². The maximum atomic E-state index is 14.4. The van der Waals surface area contributed by atoms with Crippen molar-refractivity contribution in [1.82, 2.24) is 0 Å². The van der Waals surface area contributed by atoms with E-state index in [0.717, 1.165) is 89.9 Å². The van der Waals surface area contributed by atoms with Gasteiger partial charge < -0.3 is 89.1 Å². The van der Waals surface area contributed by atoms with Crippen molar-refractivity contribution < 1.29 is 117 Å². The normalized spacial score (nSPS) is 27.1. The number of carbonyl (C=O) groups excluding carboxylic acids is 3. The molecule has 18 unspecified atom stereocenters. The molecule has 596 valence electrons. The van der Waals surface area contributed by atoms with Crippen molar-refractivity contribution in [2.75, 3.05) is 26.4 Å². The molecule has 3 rings (SSSR count). The highest BCUT2D eigenvalue weighted by molar-refractivity contribution is 7.47. The van der Waals surface area contributed by atoms with E-state index in [1.165, 1.54) is 186 Å². The second-order valence-electron chi connectivity index (χ2n) is 29.2. The number of hydrogen-bond acceptors (Lipinski definition) is 23. The Bertz CT molecular complexity index is 2080. The summed E-state index contributed by atoms with van der Waals surface area (Å²) >= 11 is 0. The molecule has 25 heteroatoms. The maximum absolute atomic E-state index is 14.4. The van der Waals surface area contributed by atoms with Gasteiger partial charge in [0.1, 0.15) is 98.7 Å². The summed E-state index contributed by atoms with van der Waals surface area (Å²) in [5, 5.41) is 110. The van der Waals surface area contributed by atoms with Crippen LogP contribution in [0.1, 0.15) is 335 Å². The topological polar surface area (TPSA) is 374 Å². The van der Waals surface area contributed by atoms with Crippen LogP contribution in [0, 0.1) is 0 Å². The average Bonchev–Trinajstić information content (AvgIpc) is 0.762. The van der Waals surface area contributed by atoms with Gasteiger partial charge in [-0.2, -0.15) is 0 Å². The molecule has 0 aromatic heterocycles. The first-order chi connectivity index (χ1) is 48.8. The lowest BCUT2D eigenvalue weighted by atomic mass is 9.84. The number of aliphatic hydroxyl groups excluding tert-OH is 10. The van der Waals surface area contributed by atoms with Crippen molar-refractivity contribution in [3.63, 3.8) is 0 Å². The lowest BCUT2D eigenvalue weighted by Crippen LogP contribution is -2.69. The maximum Gasteiger partial charge on any atom is 0.472 e. The first-order valence-corrected chi connectivity index (χ1v) is 41.8. The lowest BCUT2D eigenvalue weighted by Gasteiger charge is -2.49. The molecule has 101 heavy (non-hydrogen) atoms. The van der Waals surface area contributed by atoms with Crippen LogP contribution in [-0.4, -0.2) is 204 Å². The Morgan fingerprint density at radius 1 is 0.347 bits per heavy atom. The summed E-state index contributed by atoms with van der Waals surface area (Å²) < 4.78 is 65.2. The van der Waals surface area contributed by atoms with Gasteiger partial charge in [-0.3, -0.25) is 23.4 Å². The summed E-state index contributed by atoms with van der Waals surface area (Å²) in [4.78, 5) is 51.1. The third-order valence-electron chi connectivity index (χ3n) is 20.1. The summed E-state index contributed by atoms with van der Waals surface area (Å²) in [5.74, 6) is -1.97. The summed E-state index contributed by atoms with van der Waals surface area (Å²) in [5.41, 5.74) is 0. The van der Waals surface area contributed by atoms with Gasteiger partial charge in [0.15, 0.2) is 18.7 Å². The SMILES string of the molecule is CCCCCCCCCCCCCCCCCCCC(=O)OCC1OC(OC2C(O)C(O)C(O)C(OC3OC(CO)C(O)C(O)C3O)C2OP(=O)(O)OCC(COC(=O)CCCCCCCCCCCCCCCC)OC(=O)CCCCCCCCCCCCCCCCC)C(O)C(O)C1O. The van der Waals surface area contributed by atoms with Crippen LogP contribution in [0.5, 0.6) is 0 Å². The molecule has 2 saturated heterocycles. The van der Waals surface area contributed by atoms with Crippen LogP contribution >= 0.6 is 7.82 Å². The molecule has 24 nitrogen and oxygen atoms in total. The molecule has 1 saturated carbocycles. The predicted molar refractivity (Wildman–Crippen MR) is 384 cm³/mol. The molecule has 0 radical (unpaired) electrons. The quantitative estimate of drug-likeness (QED) is 0.0117. The summed E-state index contributed by atoms with van der Waals surface area (Å²) in [6, 6.07) is 0. The highest BCUT2D eigenvalue weighted by Gasteiger charge is 2.58. The molecule has 1 aliphatic carbocycles. The number of aliphatic hydroxyl groups is 10. The summed E-state index contributed by atoms with van der Waals surface area (Å²) in [6.07, 6.45) is 17.1. The van der Waals surface area contributed by atoms with Crippen LogP contribution in [0.2, 0.25) is 0 Å². The Hall–Kier alpha value is -2.04. The van der Waals surface area contributed by atoms with Crippen LogP contribution in [0.3, 0.4) is 0 Å². The van der Waals surface area contributed by atoms with E-state index in [-0.39, 0.29) is 19.3 Å². The van der Waals surface area contributed by atoms with Gasteiger partial charge in [0.25, 0.3) is 0 Å². The van der Waals surface area contributed by atoms with Crippen molar-refractivity contribution >= 4 is 25.7 Å². The van der Waals surface area contributed by atoms with Gasteiger partial charge >= 0.3 is 25.7 Å². The van der Waals surface area contributed by atoms with Crippen LogP contribution in [0.15, 0.2) is 0 Å². The van der Waals surface area contributed by atoms with Gasteiger partial charge in [-0.15, -0.1) is 0 Å². The molecule has 0 bridgehead atoms. The zero-order chi connectivity index (χ0) is 73.9. The number of carbonyl (C=O) groups is 3. The predicted octanol–water partition coefficient (Wildman–Crippen LogP) is 12.1. The van der Waals surface area contributed by atoms with E-state index >= 15 is 0 Å². The number of phosphoric acid groups is 1. The molecule has 3 aliphatic rings. The third kappa shape index (κ3) is 40.7. The van der Waals surface area contributed by atoms with Crippen molar-refractivity contribution in [1.29, 1.82) is 0 Å². The zero-order valence-electron chi connectivity index (χ0n) is 62.5. The third-order valence-corrected chi connectivity index (χ3v) is 21.1. The number of esters is 3. The first kappa shape index (κ1) is 93.2. The van der Waals surface area contributed by atoms with E-state index in [2.05, 4.69) is 20.8 Å². The number of phosphoric ester groups is 1. The lowest BCUT2D eigenvalue weighted by molar-refractivity contribution is -0.360. The molecule has 3 fully saturated rings. The van der Waals surface area contributed by atoms with Crippen molar-refractivity contribution in [3.05, 3.63) is 0 Å². The summed E-state index contributed by atoms with van der Waals surface area (Å²) in [6.45, 7) is 3.51. The van der Waals surface area contributed by atoms with Gasteiger partial charge in [0, 0.05) is 19.3 Å². The number of unbranched alkanes of at least 4 members (excludes halogenated alkanes) is 43. The van der Waals surface area contributed by atoms with Gasteiger partial charge in [-0.05, 0) is 19.3 Å². The van der Waals surface area contributed by atoms with E-state index < -0.39 is 156 Å². The van der Waals surface area contributed by atoms with E-state index in [1.54, 1.807) is 0 Å². The highest BCUT2D eigenvalue weighted by atomic mass is 31.2. The molecule has 0 aromatic rings. The molecule has 11 N–H and O–H groups in total. The highest BCUT2D eigenvalue weighted by Crippen LogP contribution is 2.49. The largest absolute Gasteiger partial charge is 0.472 e. The van der Waals surface area contributed by atoms with Crippen molar-refractivity contribution in [3.8, 4) is 0 Å². The van der Waals surface area contributed by atoms with Gasteiger partial charge in [0.05, 0.1) is 13.2 Å². The molecular formula is C76H143O24P. The second-order valence-corrected chi connectivity index (χ2v) is 30.6. The fraction of sp³-hybridized carbons (Fsp3) is 0.961. The Labute approximate surface area is 606 Å². The summed E-state index contributed by atoms with van der Waals surface area (Å²) in [7, 11) is -5.69. The molecule has 18 atom stereocenters. The minimum atomic E-state index is -5.69. The van der Waals surface area contributed by atoms with Gasteiger partial charge in [-0.1, -0.05) is 297 Å². The number of rotatable bonds is 64. The van der Waals surface area contributed by atoms with E-state index in [1.807, 2.05) is 0 Å². The molecule has 0 spiro atoms. The smallest absolute Gasteiger partial charge is 0.463 e. The Kier molecular flexibility index (Phi) is 53.5. The Balaban J connectivity index is 1.70. The van der Waals surface area contributed by atoms with E-state index in [0.29, 0.717) is 19.3 Å². The Morgan fingerprint density at radius 2 is 0.634 bits per heavy atom. The van der Waals surface area contributed by atoms with E-state index in [4.69, 9.17) is 42.2 Å². The molecule has 0 aromatic carbocycles. The average molecular weight is 1470 g/mol. The molecule has 2 aliphatic heterocycles. The zero-order valence-corrected chi connectivity index (χ0v) is 63.4. The molecule has 0 amide bonds. The van der Waals surface area contributed by atoms with Crippen LogP contribution in [0.25, 0.3) is 0 Å².